The average Bonchev–Trinajstić information content (AvgIpc) is 2.89. The molecule has 1 aliphatic heterocycles. The smallest absolute Gasteiger partial charge is 0.264 e. The number of hydrogen-bond donors (Lipinski definition) is 1. The molecular formula is C26H28ClN3O5S2. The van der Waals surface area contributed by atoms with Gasteiger partial charge in [0.1, 0.15) is 6.54 Å². The predicted molar refractivity (Wildman–Crippen MR) is 145 cm³/mol. The van der Waals surface area contributed by atoms with Crippen molar-refractivity contribution < 1.29 is 21.6 Å². The van der Waals surface area contributed by atoms with Crippen LogP contribution in [0.3, 0.4) is 0 Å². The lowest BCUT2D eigenvalue weighted by Gasteiger charge is -2.26. The van der Waals surface area contributed by atoms with Crippen LogP contribution in [0.5, 0.6) is 0 Å². The molecule has 0 bridgehead atoms. The van der Waals surface area contributed by atoms with E-state index >= 15 is 0 Å². The molecule has 1 aliphatic rings. The van der Waals surface area contributed by atoms with E-state index in [1.165, 1.54) is 52.8 Å². The Morgan fingerprint density at radius 1 is 0.865 bits per heavy atom. The quantitative estimate of drug-likeness (QED) is 0.431. The zero-order valence-electron chi connectivity index (χ0n) is 20.3. The molecule has 0 unspecified atom stereocenters. The first-order valence-corrected chi connectivity index (χ1v) is 15.1. The van der Waals surface area contributed by atoms with E-state index in [4.69, 9.17) is 11.6 Å². The van der Waals surface area contributed by atoms with E-state index < -0.39 is 32.5 Å². The molecule has 11 heteroatoms. The summed E-state index contributed by atoms with van der Waals surface area (Å²) >= 11 is 5.93. The van der Waals surface area contributed by atoms with Gasteiger partial charge in [0, 0.05) is 23.8 Å². The second-order valence-corrected chi connectivity index (χ2v) is 13.0. The monoisotopic (exact) mass is 561 g/mol. The lowest BCUT2D eigenvalue weighted by molar-refractivity contribution is -0.114. The van der Waals surface area contributed by atoms with Gasteiger partial charge in [0.15, 0.2) is 0 Å². The fraction of sp³-hybridized carbons (Fsp3) is 0.269. The number of nitrogens with one attached hydrogen (secondary N) is 1. The minimum atomic E-state index is -4.09. The molecule has 1 amide bonds. The van der Waals surface area contributed by atoms with Gasteiger partial charge in [-0.2, -0.15) is 4.31 Å². The molecule has 0 spiro atoms. The average molecular weight is 562 g/mol. The van der Waals surface area contributed by atoms with Gasteiger partial charge >= 0.3 is 0 Å². The van der Waals surface area contributed by atoms with Crippen molar-refractivity contribution in [1.82, 2.24) is 4.31 Å². The van der Waals surface area contributed by atoms with Crippen LogP contribution in [0.25, 0.3) is 0 Å². The zero-order valence-corrected chi connectivity index (χ0v) is 22.7. The summed E-state index contributed by atoms with van der Waals surface area (Å²) in [7, 11) is -7.69. The zero-order chi connectivity index (χ0) is 26.6. The third-order valence-corrected chi connectivity index (χ3v) is 10.1. The molecule has 1 heterocycles. The van der Waals surface area contributed by atoms with E-state index in [1.807, 2.05) is 0 Å². The summed E-state index contributed by atoms with van der Waals surface area (Å²) in [6.45, 7) is 2.28. The third kappa shape index (κ3) is 6.15. The van der Waals surface area contributed by atoms with Crippen molar-refractivity contribution in [1.29, 1.82) is 0 Å². The van der Waals surface area contributed by atoms with Crippen LogP contribution >= 0.6 is 11.6 Å². The molecule has 0 aliphatic carbocycles. The maximum atomic E-state index is 13.5. The highest BCUT2D eigenvalue weighted by molar-refractivity contribution is 7.92. The Bertz CT molecular complexity index is 1470. The van der Waals surface area contributed by atoms with Crippen molar-refractivity contribution in [2.24, 2.45) is 0 Å². The summed E-state index contributed by atoms with van der Waals surface area (Å²) in [5.41, 5.74) is 1.41. The van der Waals surface area contributed by atoms with Crippen molar-refractivity contribution in [3.63, 3.8) is 0 Å². The van der Waals surface area contributed by atoms with E-state index in [-0.39, 0.29) is 9.79 Å². The molecule has 8 nitrogen and oxygen atoms in total. The largest absolute Gasteiger partial charge is 0.325 e. The van der Waals surface area contributed by atoms with Gasteiger partial charge in [-0.25, -0.2) is 16.8 Å². The number of para-hydroxylation sites is 1. The number of sulfonamides is 2. The van der Waals surface area contributed by atoms with Crippen molar-refractivity contribution in [2.45, 2.75) is 36.0 Å². The SMILES string of the molecule is Cc1ccccc1N(CC(=O)Nc1ccc(S(=O)(=O)N2CCCCC2)cc1)S(=O)(=O)c1ccc(Cl)cc1. The van der Waals surface area contributed by atoms with Gasteiger partial charge < -0.3 is 5.32 Å². The molecule has 0 aromatic heterocycles. The molecule has 1 N–H and O–H groups in total. The highest BCUT2D eigenvalue weighted by atomic mass is 35.5. The lowest BCUT2D eigenvalue weighted by atomic mass is 10.2. The minimum absolute atomic E-state index is 0.000209. The molecule has 196 valence electrons. The molecule has 1 fully saturated rings. The van der Waals surface area contributed by atoms with Gasteiger partial charge in [-0.15, -0.1) is 0 Å². The third-order valence-electron chi connectivity index (χ3n) is 6.16. The number of carbonyl (C=O) groups is 1. The Hall–Kier alpha value is -2.92. The topological polar surface area (TPSA) is 104 Å². The highest BCUT2D eigenvalue weighted by Crippen LogP contribution is 2.28. The Labute approximate surface area is 223 Å². The summed E-state index contributed by atoms with van der Waals surface area (Å²) in [5.74, 6) is -0.576. The first-order valence-electron chi connectivity index (χ1n) is 11.8. The number of halogens is 1. The molecule has 3 aromatic carbocycles. The number of aryl methyl sites for hydroxylation is 1. The Kier molecular flexibility index (Phi) is 8.23. The van der Waals surface area contributed by atoms with Gasteiger partial charge in [0.05, 0.1) is 15.5 Å². The first-order chi connectivity index (χ1) is 17.6. The summed E-state index contributed by atoms with van der Waals surface area (Å²) < 4.78 is 55.3. The summed E-state index contributed by atoms with van der Waals surface area (Å²) in [5, 5.41) is 3.07. The molecule has 37 heavy (non-hydrogen) atoms. The van der Waals surface area contributed by atoms with E-state index in [2.05, 4.69) is 5.32 Å². The number of carbonyl (C=O) groups excluding carboxylic acids is 1. The molecule has 4 rings (SSSR count). The number of piperidine rings is 1. The summed E-state index contributed by atoms with van der Waals surface area (Å²) in [6, 6.07) is 18.5. The fourth-order valence-electron chi connectivity index (χ4n) is 4.17. The van der Waals surface area contributed by atoms with Gasteiger partial charge in [-0.3, -0.25) is 9.10 Å². The van der Waals surface area contributed by atoms with Crippen molar-refractivity contribution in [2.75, 3.05) is 29.3 Å². The molecule has 0 atom stereocenters. The number of nitrogens with zero attached hydrogens (tertiary/aromatic N) is 2. The first kappa shape index (κ1) is 27.1. The lowest BCUT2D eigenvalue weighted by Crippen LogP contribution is -2.38. The van der Waals surface area contributed by atoms with Crippen molar-refractivity contribution >= 4 is 48.9 Å². The van der Waals surface area contributed by atoms with Gasteiger partial charge in [-0.1, -0.05) is 36.2 Å². The second kappa shape index (κ2) is 11.2. The minimum Gasteiger partial charge on any atom is -0.325 e. The normalized spacial score (nSPS) is 14.8. The van der Waals surface area contributed by atoms with Crippen LogP contribution in [0.15, 0.2) is 82.6 Å². The maximum absolute atomic E-state index is 13.5. The number of rotatable bonds is 8. The second-order valence-electron chi connectivity index (χ2n) is 8.79. The molecule has 0 saturated carbocycles. The molecule has 0 radical (unpaired) electrons. The highest BCUT2D eigenvalue weighted by Gasteiger charge is 2.29. The number of amides is 1. The molecular weight excluding hydrogens is 534 g/mol. The van der Waals surface area contributed by atoms with E-state index in [1.54, 1.807) is 31.2 Å². The maximum Gasteiger partial charge on any atom is 0.264 e. The van der Waals surface area contributed by atoms with Gasteiger partial charge in [0.25, 0.3) is 10.0 Å². The van der Waals surface area contributed by atoms with Crippen LogP contribution in [0.4, 0.5) is 11.4 Å². The fourth-order valence-corrected chi connectivity index (χ4v) is 7.30. The predicted octanol–water partition coefficient (Wildman–Crippen LogP) is 4.66. The van der Waals surface area contributed by atoms with E-state index in [0.29, 0.717) is 35.1 Å². The molecule has 3 aromatic rings. The van der Waals surface area contributed by atoms with Crippen LogP contribution in [0.1, 0.15) is 24.8 Å². The standard InChI is InChI=1S/C26H28ClN3O5S2/c1-20-7-3-4-8-25(20)30(37(34,35)24-13-9-21(27)10-14-24)19-26(31)28-22-11-15-23(16-12-22)36(32,33)29-17-5-2-6-18-29/h3-4,7-16H,2,5-6,17-19H2,1H3,(H,28,31). The Balaban J connectivity index is 1.55. The van der Waals surface area contributed by atoms with Crippen molar-refractivity contribution in [3.8, 4) is 0 Å². The van der Waals surface area contributed by atoms with Crippen LogP contribution in [0, 0.1) is 6.92 Å². The van der Waals surface area contributed by atoms with Gasteiger partial charge in [0.2, 0.25) is 15.9 Å². The summed E-state index contributed by atoms with van der Waals surface area (Å²) in [6.07, 6.45) is 2.69. The number of hydrogen-bond acceptors (Lipinski definition) is 5. The van der Waals surface area contributed by atoms with E-state index in [9.17, 15) is 21.6 Å². The Morgan fingerprint density at radius 3 is 2.08 bits per heavy atom. The number of anilines is 2. The van der Waals surface area contributed by atoms with Crippen LogP contribution < -0.4 is 9.62 Å². The van der Waals surface area contributed by atoms with Gasteiger partial charge in [-0.05, 0) is 79.9 Å². The molecule has 1 saturated heterocycles. The number of benzene rings is 3. The Morgan fingerprint density at radius 2 is 1.46 bits per heavy atom. The van der Waals surface area contributed by atoms with E-state index in [0.717, 1.165) is 23.6 Å². The van der Waals surface area contributed by atoms with Crippen LogP contribution in [0.2, 0.25) is 5.02 Å². The van der Waals surface area contributed by atoms with Crippen molar-refractivity contribution in [3.05, 3.63) is 83.4 Å². The summed E-state index contributed by atoms with van der Waals surface area (Å²) in [4.78, 5) is 13.2. The van der Waals surface area contributed by atoms with Crippen LogP contribution in [-0.2, 0) is 24.8 Å². The van der Waals surface area contributed by atoms with Crippen LogP contribution in [-0.4, -0.2) is 46.7 Å².